The first kappa shape index (κ1) is 23.6. The zero-order chi connectivity index (χ0) is 21.4. The highest BCUT2D eigenvalue weighted by Gasteiger charge is 2.44. The van der Waals surface area contributed by atoms with Crippen LogP contribution in [0.25, 0.3) is 0 Å². The summed E-state index contributed by atoms with van der Waals surface area (Å²) in [4.78, 5) is 13.7. The molecule has 0 spiro atoms. The van der Waals surface area contributed by atoms with E-state index in [0.717, 1.165) is 16.0 Å². The van der Waals surface area contributed by atoms with Crippen LogP contribution >= 0.6 is 23.4 Å². The van der Waals surface area contributed by atoms with E-state index in [4.69, 9.17) is 11.6 Å². The van der Waals surface area contributed by atoms with E-state index in [2.05, 4.69) is 6.58 Å². The quantitative estimate of drug-likeness (QED) is 0.204. The van der Waals surface area contributed by atoms with Crippen molar-refractivity contribution in [1.29, 1.82) is 0 Å². The fraction of sp³-hybridized carbons (Fsp3) is 0.375. The third-order valence-electron chi connectivity index (χ3n) is 5.04. The van der Waals surface area contributed by atoms with E-state index in [-0.39, 0.29) is 12.2 Å². The lowest BCUT2D eigenvalue weighted by atomic mass is 9.88. The second-order valence-electron chi connectivity index (χ2n) is 7.29. The van der Waals surface area contributed by atoms with Crippen molar-refractivity contribution >= 4 is 29.1 Å². The van der Waals surface area contributed by atoms with Gasteiger partial charge in [0.25, 0.3) is 0 Å². The summed E-state index contributed by atoms with van der Waals surface area (Å²) in [5.41, 5.74) is 1.92. The summed E-state index contributed by atoms with van der Waals surface area (Å²) in [6.45, 7) is 7.44. The molecular weight excluding hydrogens is 410 g/mol. The Bertz CT molecular complexity index is 787. The average Bonchev–Trinajstić information content (AvgIpc) is 2.70. The van der Waals surface area contributed by atoms with Crippen LogP contribution in [0.3, 0.4) is 0 Å². The molecule has 2 aromatic carbocycles. The van der Waals surface area contributed by atoms with E-state index in [1.54, 1.807) is 13.0 Å². The largest absolute Gasteiger partial charge is 0.325 e. The van der Waals surface area contributed by atoms with Crippen molar-refractivity contribution in [3.05, 3.63) is 78.4 Å². The molecule has 0 saturated heterocycles. The highest BCUT2D eigenvalue weighted by Crippen LogP contribution is 2.43. The number of ketones is 1. The molecule has 0 fully saturated rings. The van der Waals surface area contributed by atoms with E-state index >= 15 is 0 Å². The molecule has 0 N–H and O–H groups in total. The number of alkyl halides is 3. The minimum Gasteiger partial charge on any atom is -0.299 e. The van der Waals surface area contributed by atoms with Crippen LogP contribution in [0.15, 0.2) is 72.1 Å². The Balaban J connectivity index is 2.24. The third-order valence-corrected chi connectivity index (χ3v) is 6.73. The number of thioether (sulfide) groups is 1. The SMILES string of the molecule is C=CCC[C@@H](Sc1ccc(C)cc1)[C@H](CC(=O)[C@@H](C)c1ccccc1)C(F)(F)Cl. The van der Waals surface area contributed by atoms with Crippen molar-refractivity contribution in [2.75, 3.05) is 0 Å². The van der Waals surface area contributed by atoms with Gasteiger partial charge in [-0.1, -0.05) is 61.0 Å². The number of benzene rings is 2. The van der Waals surface area contributed by atoms with Gasteiger partial charge in [-0.25, -0.2) is 0 Å². The Labute approximate surface area is 181 Å². The normalized spacial score (nSPS) is 14.8. The molecule has 156 valence electrons. The van der Waals surface area contributed by atoms with Crippen LogP contribution in [0.2, 0.25) is 0 Å². The molecule has 3 atom stereocenters. The number of hydrogen-bond donors (Lipinski definition) is 0. The van der Waals surface area contributed by atoms with Crippen molar-refractivity contribution in [3.8, 4) is 0 Å². The highest BCUT2D eigenvalue weighted by molar-refractivity contribution is 8.00. The molecule has 0 saturated carbocycles. The summed E-state index contributed by atoms with van der Waals surface area (Å²) in [7, 11) is 0. The minimum absolute atomic E-state index is 0.227. The second kappa shape index (κ2) is 10.9. The maximum Gasteiger partial charge on any atom is 0.325 e. The molecule has 0 aliphatic rings. The topological polar surface area (TPSA) is 17.1 Å². The van der Waals surface area contributed by atoms with Gasteiger partial charge < -0.3 is 0 Å². The van der Waals surface area contributed by atoms with Gasteiger partial charge in [0.05, 0.1) is 5.92 Å². The van der Waals surface area contributed by atoms with Crippen LogP contribution in [-0.2, 0) is 4.79 Å². The predicted molar refractivity (Wildman–Crippen MR) is 119 cm³/mol. The van der Waals surface area contributed by atoms with E-state index in [0.29, 0.717) is 12.8 Å². The molecule has 0 aromatic heterocycles. The number of carbonyl (C=O) groups excluding carboxylic acids is 1. The molecule has 0 unspecified atom stereocenters. The molecule has 0 bridgehead atoms. The van der Waals surface area contributed by atoms with Gasteiger partial charge in [-0.15, -0.1) is 18.3 Å². The van der Waals surface area contributed by atoms with E-state index in [9.17, 15) is 13.6 Å². The molecule has 0 heterocycles. The van der Waals surface area contributed by atoms with Crippen LogP contribution in [0.4, 0.5) is 8.78 Å². The highest BCUT2D eigenvalue weighted by atomic mass is 35.5. The molecule has 5 heteroatoms. The molecule has 2 rings (SSSR count). The number of allylic oxidation sites excluding steroid dienone is 1. The summed E-state index contributed by atoms with van der Waals surface area (Å²) in [5, 5.41) is -3.98. The fourth-order valence-electron chi connectivity index (χ4n) is 3.20. The maximum absolute atomic E-state index is 14.4. The lowest BCUT2D eigenvalue weighted by Crippen LogP contribution is -2.34. The Morgan fingerprint density at radius 3 is 2.34 bits per heavy atom. The second-order valence-corrected chi connectivity index (χ2v) is 9.10. The van der Waals surface area contributed by atoms with Gasteiger partial charge in [0, 0.05) is 22.5 Å². The van der Waals surface area contributed by atoms with E-state index in [1.807, 2.05) is 61.5 Å². The Kier molecular flexibility index (Phi) is 8.91. The van der Waals surface area contributed by atoms with Gasteiger partial charge >= 0.3 is 5.38 Å². The molecule has 0 aliphatic heterocycles. The Morgan fingerprint density at radius 2 is 1.79 bits per heavy atom. The number of carbonyl (C=O) groups is 1. The molecule has 29 heavy (non-hydrogen) atoms. The smallest absolute Gasteiger partial charge is 0.299 e. The molecule has 0 aliphatic carbocycles. The summed E-state index contributed by atoms with van der Waals surface area (Å²) < 4.78 is 28.9. The van der Waals surface area contributed by atoms with Crippen LogP contribution in [0, 0.1) is 12.8 Å². The minimum atomic E-state index is -3.48. The summed E-state index contributed by atoms with van der Waals surface area (Å²) in [6, 6.07) is 16.9. The molecule has 1 nitrogen and oxygen atoms in total. The van der Waals surface area contributed by atoms with Crippen LogP contribution in [0.5, 0.6) is 0 Å². The average molecular weight is 437 g/mol. The number of hydrogen-bond acceptors (Lipinski definition) is 2. The first-order valence-electron chi connectivity index (χ1n) is 9.71. The van der Waals surface area contributed by atoms with Crippen molar-refractivity contribution in [2.45, 2.75) is 54.6 Å². The van der Waals surface area contributed by atoms with Crippen LogP contribution in [-0.4, -0.2) is 16.4 Å². The molecular formula is C24H27ClF2OS. The lowest BCUT2D eigenvalue weighted by Gasteiger charge is -2.30. The first-order chi connectivity index (χ1) is 13.7. The van der Waals surface area contributed by atoms with Gasteiger partial charge in [-0.2, -0.15) is 8.78 Å². The van der Waals surface area contributed by atoms with Gasteiger partial charge in [0.2, 0.25) is 0 Å². The van der Waals surface area contributed by atoms with Gasteiger partial charge in [-0.05, 0) is 49.1 Å². The summed E-state index contributed by atoms with van der Waals surface area (Å²) >= 11 is 6.89. The number of rotatable bonds is 11. The van der Waals surface area contributed by atoms with E-state index < -0.39 is 22.5 Å². The van der Waals surface area contributed by atoms with Gasteiger partial charge in [0.15, 0.2) is 0 Å². The summed E-state index contributed by atoms with van der Waals surface area (Å²) in [6.07, 6.45) is 2.49. The number of Topliss-reactive ketones (excluding diaryl/α,β-unsaturated/α-hetero) is 1. The van der Waals surface area contributed by atoms with Crippen molar-refractivity contribution < 1.29 is 13.6 Å². The molecule has 0 amide bonds. The zero-order valence-corrected chi connectivity index (χ0v) is 18.4. The summed E-state index contributed by atoms with van der Waals surface area (Å²) in [5.74, 6) is -1.95. The van der Waals surface area contributed by atoms with Crippen molar-refractivity contribution in [1.82, 2.24) is 0 Å². The van der Waals surface area contributed by atoms with Gasteiger partial charge in [-0.3, -0.25) is 4.79 Å². The van der Waals surface area contributed by atoms with E-state index in [1.165, 1.54) is 11.8 Å². The lowest BCUT2D eigenvalue weighted by molar-refractivity contribution is -0.123. The Morgan fingerprint density at radius 1 is 1.17 bits per heavy atom. The van der Waals surface area contributed by atoms with Crippen LogP contribution < -0.4 is 0 Å². The standard InChI is InChI=1S/C24H27ClF2OS/c1-4-5-11-23(29-20-14-12-17(2)13-15-20)21(24(25,26)27)16-22(28)18(3)19-9-7-6-8-10-19/h4,6-10,12-15,18,21,23H,1,5,11,16H2,2-3H3/t18-,21-,23+/m0/s1. The maximum atomic E-state index is 14.4. The third kappa shape index (κ3) is 7.27. The van der Waals surface area contributed by atoms with Crippen molar-refractivity contribution in [2.24, 2.45) is 5.92 Å². The monoisotopic (exact) mass is 436 g/mol. The Hall–Kier alpha value is -1.65. The fourth-order valence-corrected chi connectivity index (χ4v) is 4.83. The first-order valence-corrected chi connectivity index (χ1v) is 11.0. The number of halogens is 3. The van der Waals surface area contributed by atoms with Crippen LogP contribution in [0.1, 0.15) is 43.2 Å². The zero-order valence-electron chi connectivity index (χ0n) is 16.8. The molecule has 2 aromatic rings. The molecule has 0 radical (unpaired) electrons. The predicted octanol–water partition coefficient (Wildman–Crippen LogP) is 7.63. The van der Waals surface area contributed by atoms with Gasteiger partial charge in [0.1, 0.15) is 5.78 Å². The number of aryl methyl sites for hydroxylation is 1. The van der Waals surface area contributed by atoms with Crippen molar-refractivity contribution in [3.63, 3.8) is 0 Å².